The molecule has 0 atom stereocenters. The van der Waals surface area contributed by atoms with E-state index in [1.165, 1.54) is 11.9 Å². The van der Waals surface area contributed by atoms with Gasteiger partial charge in [-0.15, -0.1) is 0 Å². The van der Waals surface area contributed by atoms with Crippen LogP contribution in [0.1, 0.15) is 6.92 Å². The van der Waals surface area contributed by atoms with Gasteiger partial charge in [0, 0.05) is 13.2 Å². The normalized spacial score (nSPS) is 9.53. The lowest BCUT2D eigenvalue weighted by Crippen LogP contribution is -2.35. The molecule has 1 rings (SSSR count). The van der Waals surface area contributed by atoms with Gasteiger partial charge in [-0.3, -0.25) is 4.79 Å². The lowest BCUT2D eigenvalue weighted by molar-refractivity contribution is -0.116. The average molecular weight is 237 g/mol. The Hall–Kier alpha value is -2.11. The second-order valence-electron chi connectivity index (χ2n) is 3.32. The Bertz CT molecular complexity index is 381. The molecule has 17 heavy (non-hydrogen) atoms. The van der Waals surface area contributed by atoms with E-state index in [1.807, 2.05) is 0 Å². The van der Waals surface area contributed by atoms with Crippen molar-refractivity contribution in [3.05, 3.63) is 24.4 Å². The van der Waals surface area contributed by atoms with Crippen molar-refractivity contribution in [2.45, 2.75) is 6.92 Å². The Morgan fingerprint density at radius 3 is 2.82 bits per heavy atom. The Kier molecular flexibility index (Phi) is 4.93. The number of likely N-dealkylation sites (N-methyl/N-ethyl adjacent to an activating group) is 1. The van der Waals surface area contributed by atoms with E-state index < -0.39 is 6.09 Å². The molecule has 0 aliphatic heterocycles. The van der Waals surface area contributed by atoms with Gasteiger partial charge in [0.2, 0.25) is 5.91 Å². The van der Waals surface area contributed by atoms with Crippen molar-refractivity contribution in [2.24, 2.45) is 0 Å². The van der Waals surface area contributed by atoms with E-state index in [0.29, 0.717) is 5.82 Å². The molecule has 6 nitrogen and oxygen atoms in total. The maximum absolute atomic E-state index is 11.5. The summed E-state index contributed by atoms with van der Waals surface area (Å²) in [5, 5.41) is 2.57. The number of ether oxygens (including phenoxy) is 1. The SMILES string of the molecule is CCOC(=O)N(C)CC(=O)Nc1ccccn1. The predicted octanol–water partition coefficient (Wildman–Crippen LogP) is 1.11. The average Bonchev–Trinajstić information content (AvgIpc) is 2.30. The second-order valence-corrected chi connectivity index (χ2v) is 3.32. The summed E-state index contributed by atoms with van der Waals surface area (Å²) in [6.07, 6.45) is 1.05. The zero-order valence-corrected chi connectivity index (χ0v) is 9.84. The Morgan fingerprint density at radius 2 is 2.24 bits per heavy atom. The number of amides is 2. The summed E-state index contributed by atoms with van der Waals surface area (Å²) in [4.78, 5) is 27.9. The molecular formula is C11H15N3O3. The lowest BCUT2D eigenvalue weighted by atomic mass is 10.4. The first-order chi connectivity index (χ1) is 8.13. The standard InChI is InChI=1S/C11H15N3O3/c1-3-17-11(16)14(2)8-10(15)13-9-6-4-5-7-12-9/h4-7H,3,8H2,1-2H3,(H,12,13,15). The zero-order valence-electron chi connectivity index (χ0n) is 9.84. The van der Waals surface area contributed by atoms with Gasteiger partial charge < -0.3 is 15.0 Å². The fraction of sp³-hybridized carbons (Fsp3) is 0.364. The van der Waals surface area contributed by atoms with Crippen LogP contribution in [0.5, 0.6) is 0 Å². The van der Waals surface area contributed by atoms with Crippen LogP contribution in [-0.2, 0) is 9.53 Å². The molecule has 0 aliphatic carbocycles. The number of carbonyl (C=O) groups excluding carboxylic acids is 2. The molecular weight excluding hydrogens is 222 g/mol. The molecule has 0 aliphatic rings. The molecule has 0 radical (unpaired) electrons. The fourth-order valence-electron chi connectivity index (χ4n) is 1.13. The van der Waals surface area contributed by atoms with Crippen LogP contribution in [0, 0.1) is 0 Å². The number of anilines is 1. The second kappa shape index (κ2) is 6.47. The summed E-state index contributed by atoms with van der Waals surface area (Å²) >= 11 is 0. The largest absolute Gasteiger partial charge is 0.450 e. The van der Waals surface area contributed by atoms with Gasteiger partial charge >= 0.3 is 6.09 Å². The first-order valence-corrected chi connectivity index (χ1v) is 5.22. The maximum atomic E-state index is 11.5. The van der Waals surface area contributed by atoms with Gasteiger partial charge in [-0.25, -0.2) is 9.78 Å². The summed E-state index contributed by atoms with van der Waals surface area (Å²) in [5.41, 5.74) is 0. The molecule has 0 spiro atoms. The number of nitrogens with one attached hydrogen (secondary N) is 1. The molecule has 1 aromatic heterocycles. The van der Waals surface area contributed by atoms with Gasteiger partial charge in [0.05, 0.1) is 6.61 Å². The summed E-state index contributed by atoms with van der Waals surface area (Å²) in [5.74, 6) is 0.133. The van der Waals surface area contributed by atoms with Crippen molar-refractivity contribution in [3.63, 3.8) is 0 Å². The van der Waals surface area contributed by atoms with Crippen molar-refractivity contribution >= 4 is 17.8 Å². The summed E-state index contributed by atoms with van der Waals surface area (Å²) in [6.45, 7) is 1.92. The number of pyridine rings is 1. The first kappa shape index (κ1) is 13.0. The van der Waals surface area contributed by atoms with E-state index in [0.717, 1.165) is 0 Å². The number of aromatic nitrogens is 1. The fourth-order valence-corrected chi connectivity index (χ4v) is 1.13. The molecule has 1 aromatic rings. The highest BCUT2D eigenvalue weighted by molar-refractivity contribution is 5.92. The quantitative estimate of drug-likeness (QED) is 0.851. The molecule has 0 aromatic carbocycles. The minimum absolute atomic E-state index is 0.0740. The van der Waals surface area contributed by atoms with E-state index in [2.05, 4.69) is 10.3 Å². The molecule has 1 heterocycles. The minimum atomic E-state index is -0.524. The Balaban J connectivity index is 2.42. The van der Waals surface area contributed by atoms with Crippen molar-refractivity contribution in [1.82, 2.24) is 9.88 Å². The summed E-state index contributed by atoms with van der Waals surface area (Å²) in [6, 6.07) is 5.18. The van der Waals surface area contributed by atoms with Crippen LogP contribution in [0.25, 0.3) is 0 Å². The van der Waals surface area contributed by atoms with Crippen LogP contribution in [0.2, 0.25) is 0 Å². The number of carbonyl (C=O) groups is 2. The highest BCUT2D eigenvalue weighted by atomic mass is 16.6. The summed E-state index contributed by atoms with van der Waals surface area (Å²) < 4.78 is 4.75. The lowest BCUT2D eigenvalue weighted by Gasteiger charge is -2.15. The van der Waals surface area contributed by atoms with Crippen LogP contribution in [0.3, 0.4) is 0 Å². The molecule has 0 unspecified atom stereocenters. The Morgan fingerprint density at radius 1 is 1.47 bits per heavy atom. The van der Waals surface area contributed by atoms with E-state index in [-0.39, 0.29) is 19.1 Å². The van der Waals surface area contributed by atoms with Gasteiger partial charge in [-0.05, 0) is 19.1 Å². The van der Waals surface area contributed by atoms with Gasteiger partial charge in [0.25, 0.3) is 0 Å². The van der Waals surface area contributed by atoms with Crippen molar-refractivity contribution < 1.29 is 14.3 Å². The monoisotopic (exact) mass is 237 g/mol. The van der Waals surface area contributed by atoms with E-state index in [9.17, 15) is 9.59 Å². The van der Waals surface area contributed by atoms with E-state index in [1.54, 1.807) is 31.3 Å². The Labute approximate surface area is 99.6 Å². The number of rotatable bonds is 4. The number of hydrogen-bond acceptors (Lipinski definition) is 4. The maximum Gasteiger partial charge on any atom is 0.409 e. The molecule has 0 bridgehead atoms. The molecule has 0 saturated carbocycles. The van der Waals surface area contributed by atoms with Crippen LogP contribution >= 0.6 is 0 Å². The predicted molar refractivity (Wildman–Crippen MR) is 62.5 cm³/mol. The van der Waals surface area contributed by atoms with Crippen molar-refractivity contribution in [2.75, 3.05) is 25.5 Å². The van der Waals surface area contributed by atoms with Crippen LogP contribution < -0.4 is 5.32 Å². The van der Waals surface area contributed by atoms with Gasteiger partial charge in [-0.2, -0.15) is 0 Å². The van der Waals surface area contributed by atoms with Crippen molar-refractivity contribution in [1.29, 1.82) is 0 Å². The van der Waals surface area contributed by atoms with Crippen LogP contribution in [0.15, 0.2) is 24.4 Å². The highest BCUT2D eigenvalue weighted by Gasteiger charge is 2.13. The van der Waals surface area contributed by atoms with E-state index in [4.69, 9.17) is 4.74 Å². The first-order valence-electron chi connectivity index (χ1n) is 5.22. The van der Waals surface area contributed by atoms with Crippen LogP contribution in [0.4, 0.5) is 10.6 Å². The van der Waals surface area contributed by atoms with Crippen LogP contribution in [-0.4, -0.2) is 42.1 Å². The highest BCUT2D eigenvalue weighted by Crippen LogP contribution is 2.00. The molecule has 1 N–H and O–H groups in total. The van der Waals surface area contributed by atoms with Gasteiger partial charge in [-0.1, -0.05) is 6.07 Å². The number of nitrogens with zero attached hydrogens (tertiary/aromatic N) is 2. The number of hydrogen-bond donors (Lipinski definition) is 1. The smallest absolute Gasteiger partial charge is 0.409 e. The topological polar surface area (TPSA) is 71.5 Å². The third-order valence-electron chi connectivity index (χ3n) is 1.89. The zero-order chi connectivity index (χ0) is 12.7. The molecule has 6 heteroatoms. The third-order valence-corrected chi connectivity index (χ3v) is 1.89. The molecule has 0 fully saturated rings. The van der Waals surface area contributed by atoms with Gasteiger partial charge in [0.15, 0.2) is 0 Å². The molecule has 0 saturated heterocycles. The third kappa shape index (κ3) is 4.50. The minimum Gasteiger partial charge on any atom is -0.450 e. The van der Waals surface area contributed by atoms with E-state index >= 15 is 0 Å². The van der Waals surface area contributed by atoms with Crippen molar-refractivity contribution in [3.8, 4) is 0 Å². The van der Waals surface area contributed by atoms with Gasteiger partial charge in [0.1, 0.15) is 12.4 Å². The molecule has 2 amide bonds. The molecule has 92 valence electrons. The summed E-state index contributed by atoms with van der Waals surface area (Å²) in [7, 11) is 1.50.